The van der Waals surface area contributed by atoms with Crippen LogP contribution in [0.3, 0.4) is 0 Å². The zero-order valence-corrected chi connectivity index (χ0v) is 8.59. The zero-order chi connectivity index (χ0) is 7.40. The summed E-state index contributed by atoms with van der Waals surface area (Å²) in [5.74, 6) is 0. The van der Waals surface area contributed by atoms with Crippen LogP contribution in [-0.2, 0) is 0 Å². The fourth-order valence-corrected chi connectivity index (χ4v) is 0.868. The number of benzene rings is 1. The highest BCUT2D eigenvalue weighted by molar-refractivity contribution is 8.93. The SMILES string of the molecule is Br.CC(C)Nc1ccccc1. The average molecular weight is 216 g/mol. The number of anilines is 1. The van der Waals surface area contributed by atoms with Crippen LogP contribution in [0, 0.1) is 0 Å². The highest BCUT2D eigenvalue weighted by Gasteiger charge is 1.90. The van der Waals surface area contributed by atoms with Gasteiger partial charge in [0.25, 0.3) is 0 Å². The minimum Gasteiger partial charge on any atom is -0.383 e. The van der Waals surface area contributed by atoms with Crippen molar-refractivity contribution in [1.82, 2.24) is 0 Å². The Balaban J connectivity index is 0.000001000. The standard InChI is InChI=1S/C9H13N.BrH/c1-8(2)10-9-6-4-3-5-7-9;/h3-8,10H,1-2H3;1H. The Hall–Kier alpha value is -0.500. The van der Waals surface area contributed by atoms with E-state index in [0.29, 0.717) is 6.04 Å². The molecule has 2 heteroatoms. The molecule has 0 saturated heterocycles. The van der Waals surface area contributed by atoms with E-state index in [1.807, 2.05) is 18.2 Å². The lowest BCUT2D eigenvalue weighted by molar-refractivity contribution is 0.900. The number of halogens is 1. The van der Waals surface area contributed by atoms with E-state index in [0.717, 1.165) is 0 Å². The summed E-state index contributed by atoms with van der Waals surface area (Å²) in [6.45, 7) is 4.26. The molecule has 0 radical (unpaired) electrons. The summed E-state index contributed by atoms with van der Waals surface area (Å²) in [5, 5.41) is 3.30. The normalized spacial score (nSPS) is 9.00. The van der Waals surface area contributed by atoms with Crippen molar-refractivity contribution in [2.45, 2.75) is 19.9 Å². The minimum atomic E-state index is 0. The van der Waals surface area contributed by atoms with E-state index in [-0.39, 0.29) is 17.0 Å². The molecule has 0 saturated carbocycles. The first-order valence-corrected chi connectivity index (χ1v) is 3.60. The van der Waals surface area contributed by atoms with Crippen molar-refractivity contribution >= 4 is 22.7 Å². The number of para-hydroxylation sites is 1. The summed E-state index contributed by atoms with van der Waals surface area (Å²) in [7, 11) is 0. The molecule has 0 bridgehead atoms. The van der Waals surface area contributed by atoms with Gasteiger partial charge in [0.1, 0.15) is 0 Å². The molecule has 0 aromatic heterocycles. The summed E-state index contributed by atoms with van der Waals surface area (Å²) in [4.78, 5) is 0. The fourth-order valence-electron chi connectivity index (χ4n) is 0.868. The molecule has 0 spiro atoms. The van der Waals surface area contributed by atoms with Crippen LogP contribution in [0.15, 0.2) is 30.3 Å². The van der Waals surface area contributed by atoms with Crippen molar-refractivity contribution in [2.24, 2.45) is 0 Å². The van der Waals surface area contributed by atoms with Crippen molar-refractivity contribution in [2.75, 3.05) is 5.32 Å². The Kier molecular flexibility index (Phi) is 4.95. The van der Waals surface area contributed by atoms with Crippen LogP contribution >= 0.6 is 17.0 Å². The van der Waals surface area contributed by atoms with Crippen molar-refractivity contribution in [3.8, 4) is 0 Å². The van der Waals surface area contributed by atoms with E-state index in [4.69, 9.17) is 0 Å². The molecule has 0 unspecified atom stereocenters. The van der Waals surface area contributed by atoms with E-state index in [1.165, 1.54) is 5.69 Å². The molecular formula is C9H14BrN. The predicted octanol–water partition coefficient (Wildman–Crippen LogP) is 3.08. The molecule has 0 amide bonds. The third kappa shape index (κ3) is 4.04. The Labute approximate surface area is 78.6 Å². The Morgan fingerprint density at radius 2 is 1.64 bits per heavy atom. The molecule has 1 N–H and O–H groups in total. The van der Waals surface area contributed by atoms with Crippen molar-refractivity contribution in [3.05, 3.63) is 30.3 Å². The predicted molar refractivity (Wildman–Crippen MR) is 55.5 cm³/mol. The van der Waals surface area contributed by atoms with Gasteiger partial charge in [-0.2, -0.15) is 0 Å². The molecule has 0 heterocycles. The van der Waals surface area contributed by atoms with Crippen LogP contribution < -0.4 is 5.32 Å². The zero-order valence-electron chi connectivity index (χ0n) is 6.87. The highest BCUT2D eigenvalue weighted by atomic mass is 79.9. The second-order valence-electron chi connectivity index (χ2n) is 2.67. The smallest absolute Gasteiger partial charge is 0.0342 e. The Morgan fingerprint density at radius 1 is 1.09 bits per heavy atom. The first-order chi connectivity index (χ1) is 4.79. The molecule has 11 heavy (non-hydrogen) atoms. The van der Waals surface area contributed by atoms with E-state index in [1.54, 1.807) is 0 Å². The van der Waals surface area contributed by atoms with Gasteiger partial charge < -0.3 is 5.32 Å². The number of rotatable bonds is 2. The second kappa shape index (κ2) is 5.19. The molecule has 0 aliphatic rings. The third-order valence-corrected chi connectivity index (χ3v) is 1.23. The quantitative estimate of drug-likeness (QED) is 0.800. The van der Waals surface area contributed by atoms with Crippen LogP contribution in [0.25, 0.3) is 0 Å². The van der Waals surface area contributed by atoms with Crippen LogP contribution in [0.1, 0.15) is 13.8 Å². The summed E-state index contributed by atoms with van der Waals surface area (Å²) < 4.78 is 0. The molecule has 1 aromatic carbocycles. The van der Waals surface area contributed by atoms with E-state index < -0.39 is 0 Å². The van der Waals surface area contributed by atoms with E-state index in [2.05, 4.69) is 31.3 Å². The monoisotopic (exact) mass is 215 g/mol. The van der Waals surface area contributed by atoms with Crippen LogP contribution in [0.2, 0.25) is 0 Å². The van der Waals surface area contributed by atoms with E-state index >= 15 is 0 Å². The minimum absolute atomic E-state index is 0. The molecular weight excluding hydrogens is 202 g/mol. The van der Waals surface area contributed by atoms with Gasteiger partial charge in [-0.15, -0.1) is 17.0 Å². The van der Waals surface area contributed by atoms with Gasteiger partial charge >= 0.3 is 0 Å². The molecule has 0 aliphatic carbocycles. The van der Waals surface area contributed by atoms with Gasteiger partial charge in [0.2, 0.25) is 0 Å². The van der Waals surface area contributed by atoms with Gasteiger partial charge in [0, 0.05) is 11.7 Å². The van der Waals surface area contributed by atoms with Gasteiger partial charge in [-0.05, 0) is 26.0 Å². The molecule has 62 valence electrons. The van der Waals surface area contributed by atoms with Crippen molar-refractivity contribution in [3.63, 3.8) is 0 Å². The lowest BCUT2D eigenvalue weighted by Gasteiger charge is -2.08. The van der Waals surface area contributed by atoms with Crippen LogP contribution in [0.5, 0.6) is 0 Å². The molecule has 0 atom stereocenters. The third-order valence-electron chi connectivity index (χ3n) is 1.23. The summed E-state index contributed by atoms with van der Waals surface area (Å²) in [6, 6.07) is 10.7. The Morgan fingerprint density at radius 3 is 2.09 bits per heavy atom. The summed E-state index contributed by atoms with van der Waals surface area (Å²) in [6.07, 6.45) is 0. The first kappa shape index (κ1) is 10.5. The highest BCUT2D eigenvalue weighted by Crippen LogP contribution is 2.05. The topological polar surface area (TPSA) is 12.0 Å². The molecule has 1 nitrogen and oxygen atoms in total. The Bertz CT molecular complexity index is 184. The fraction of sp³-hybridized carbons (Fsp3) is 0.333. The van der Waals surface area contributed by atoms with Crippen molar-refractivity contribution in [1.29, 1.82) is 0 Å². The van der Waals surface area contributed by atoms with Crippen LogP contribution in [-0.4, -0.2) is 6.04 Å². The number of nitrogens with one attached hydrogen (secondary N) is 1. The molecule has 0 aliphatic heterocycles. The summed E-state index contributed by atoms with van der Waals surface area (Å²) >= 11 is 0. The number of hydrogen-bond acceptors (Lipinski definition) is 1. The second-order valence-corrected chi connectivity index (χ2v) is 2.67. The van der Waals surface area contributed by atoms with Gasteiger partial charge in [-0.25, -0.2) is 0 Å². The lowest BCUT2D eigenvalue weighted by atomic mass is 10.3. The maximum atomic E-state index is 3.30. The summed E-state index contributed by atoms with van der Waals surface area (Å²) in [5.41, 5.74) is 1.19. The first-order valence-electron chi connectivity index (χ1n) is 3.60. The van der Waals surface area contributed by atoms with Gasteiger partial charge in [0.05, 0.1) is 0 Å². The molecule has 1 aromatic rings. The maximum absolute atomic E-state index is 3.30. The van der Waals surface area contributed by atoms with E-state index in [9.17, 15) is 0 Å². The van der Waals surface area contributed by atoms with Crippen LogP contribution in [0.4, 0.5) is 5.69 Å². The van der Waals surface area contributed by atoms with Gasteiger partial charge in [-0.1, -0.05) is 18.2 Å². The molecule has 0 fully saturated rings. The van der Waals surface area contributed by atoms with Gasteiger partial charge in [0.15, 0.2) is 0 Å². The lowest BCUT2D eigenvalue weighted by Crippen LogP contribution is -2.08. The average Bonchev–Trinajstić information content (AvgIpc) is 1.88. The number of hydrogen-bond donors (Lipinski definition) is 1. The largest absolute Gasteiger partial charge is 0.383 e. The van der Waals surface area contributed by atoms with Crippen molar-refractivity contribution < 1.29 is 0 Å². The maximum Gasteiger partial charge on any atom is 0.0342 e. The van der Waals surface area contributed by atoms with Gasteiger partial charge in [-0.3, -0.25) is 0 Å². The molecule has 1 rings (SSSR count).